The van der Waals surface area contributed by atoms with E-state index in [4.69, 9.17) is 0 Å². The van der Waals surface area contributed by atoms with Crippen LogP contribution in [-0.4, -0.2) is 16.2 Å². The molecule has 0 amide bonds. The van der Waals surface area contributed by atoms with Crippen molar-refractivity contribution in [1.82, 2.24) is 9.97 Å². The lowest BCUT2D eigenvalue weighted by atomic mass is 10.1. The van der Waals surface area contributed by atoms with Crippen molar-refractivity contribution < 1.29 is 4.39 Å². The lowest BCUT2D eigenvalue weighted by Gasteiger charge is -2.06. The summed E-state index contributed by atoms with van der Waals surface area (Å²) in [7, 11) is 0. The summed E-state index contributed by atoms with van der Waals surface area (Å²) in [6, 6.07) is 15.3. The zero-order chi connectivity index (χ0) is 18.5. The standard InChI is InChI=1S/C18H11BrFN5O/c19-13-7-6-12(15(20)8-13)10-22-25-18-23-16(11-4-2-1-3-5-11)14(9-21)17(26)24-18/h1-8,10H,(H2,23,24,25,26). The van der Waals surface area contributed by atoms with Crippen molar-refractivity contribution in [2.24, 2.45) is 5.10 Å². The highest BCUT2D eigenvalue weighted by Gasteiger charge is 2.12. The number of hydrogen-bond donors (Lipinski definition) is 2. The molecule has 3 aromatic rings. The maximum Gasteiger partial charge on any atom is 0.270 e. The van der Waals surface area contributed by atoms with Gasteiger partial charge in [0.1, 0.15) is 17.4 Å². The number of hydrogen-bond acceptors (Lipinski definition) is 5. The second-order valence-electron chi connectivity index (χ2n) is 5.15. The quantitative estimate of drug-likeness (QED) is 0.505. The Morgan fingerprint density at radius 1 is 1.27 bits per heavy atom. The molecule has 26 heavy (non-hydrogen) atoms. The van der Waals surface area contributed by atoms with Gasteiger partial charge in [0, 0.05) is 15.6 Å². The van der Waals surface area contributed by atoms with E-state index in [1.165, 1.54) is 12.3 Å². The van der Waals surface area contributed by atoms with Crippen LogP contribution in [0.25, 0.3) is 11.3 Å². The summed E-state index contributed by atoms with van der Waals surface area (Å²) in [6.45, 7) is 0. The molecule has 0 spiro atoms. The molecule has 0 saturated heterocycles. The summed E-state index contributed by atoms with van der Waals surface area (Å²) in [4.78, 5) is 18.8. The number of aromatic amines is 1. The Hall–Kier alpha value is -3.31. The minimum atomic E-state index is -0.589. The average molecular weight is 412 g/mol. The topological polar surface area (TPSA) is 93.9 Å². The van der Waals surface area contributed by atoms with Crippen LogP contribution < -0.4 is 11.0 Å². The summed E-state index contributed by atoms with van der Waals surface area (Å²) in [5, 5.41) is 13.1. The minimum Gasteiger partial charge on any atom is -0.290 e. The maximum atomic E-state index is 13.8. The molecule has 0 fully saturated rings. The Bertz CT molecular complexity index is 1070. The predicted octanol–water partition coefficient (Wildman–Crippen LogP) is 3.66. The van der Waals surface area contributed by atoms with Gasteiger partial charge in [-0.05, 0) is 18.2 Å². The van der Waals surface area contributed by atoms with E-state index in [1.54, 1.807) is 36.4 Å². The normalized spacial score (nSPS) is 10.7. The molecule has 0 bridgehead atoms. The van der Waals surface area contributed by atoms with Crippen LogP contribution in [0.5, 0.6) is 0 Å². The fourth-order valence-electron chi connectivity index (χ4n) is 2.20. The third kappa shape index (κ3) is 3.84. The Labute approximate surface area is 156 Å². The first-order valence-electron chi connectivity index (χ1n) is 7.42. The van der Waals surface area contributed by atoms with Crippen molar-refractivity contribution in [3.63, 3.8) is 0 Å². The Morgan fingerprint density at radius 3 is 2.73 bits per heavy atom. The van der Waals surface area contributed by atoms with E-state index in [2.05, 4.69) is 36.4 Å². The fourth-order valence-corrected chi connectivity index (χ4v) is 2.54. The zero-order valence-corrected chi connectivity index (χ0v) is 14.8. The van der Waals surface area contributed by atoms with E-state index < -0.39 is 11.4 Å². The lowest BCUT2D eigenvalue weighted by molar-refractivity contribution is 0.625. The monoisotopic (exact) mass is 411 g/mol. The van der Waals surface area contributed by atoms with Crippen molar-refractivity contribution in [2.45, 2.75) is 0 Å². The summed E-state index contributed by atoms with van der Waals surface area (Å²) in [6.07, 6.45) is 1.27. The second kappa shape index (κ2) is 7.72. The third-order valence-corrected chi connectivity index (χ3v) is 3.91. The fraction of sp³-hybridized carbons (Fsp3) is 0. The van der Waals surface area contributed by atoms with Gasteiger partial charge < -0.3 is 0 Å². The van der Waals surface area contributed by atoms with Gasteiger partial charge in [-0.25, -0.2) is 14.8 Å². The summed E-state index contributed by atoms with van der Waals surface area (Å²) < 4.78 is 14.4. The van der Waals surface area contributed by atoms with Gasteiger partial charge in [0.25, 0.3) is 5.56 Å². The van der Waals surface area contributed by atoms with E-state index in [0.717, 1.165) is 0 Å². The molecule has 0 saturated carbocycles. The van der Waals surface area contributed by atoms with Crippen molar-refractivity contribution >= 4 is 28.1 Å². The van der Waals surface area contributed by atoms with Gasteiger partial charge in [-0.15, -0.1) is 0 Å². The second-order valence-corrected chi connectivity index (χ2v) is 6.07. The van der Waals surface area contributed by atoms with E-state index in [9.17, 15) is 14.4 Å². The number of aromatic nitrogens is 2. The molecule has 8 heteroatoms. The van der Waals surface area contributed by atoms with Gasteiger partial charge in [-0.1, -0.05) is 46.3 Å². The number of nitrogens with zero attached hydrogens (tertiary/aromatic N) is 3. The molecular formula is C18H11BrFN5O. The van der Waals surface area contributed by atoms with Crippen LogP contribution in [0.4, 0.5) is 10.3 Å². The third-order valence-electron chi connectivity index (χ3n) is 3.42. The van der Waals surface area contributed by atoms with Gasteiger partial charge in [0.15, 0.2) is 0 Å². The molecule has 128 valence electrons. The van der Waals surface area contributed by atoms with Crippen molar-refractivity contribution in [3.8, 4) is 17.3 Å². The van der Waals surface area contributed by atoms with E-state index in [1.807, 2.05) is 12.1 Å². The van der Waals surface area contributed by atoms with E-state index in [-0.39, 0.29) is 22.8 Å². The number of anilines is 1. The van der Waals surface area contributed by atoms with Crippen LogP contribution in [0.1, 0.15) is 11.1 Å². The zero-order valence-electron chi connectivity index (χ0n) is 13.2. The van der Waals surface area contributed by atoms with Crippen LogP contribution in [0, 0.1) is 17.1 Å². The van der Waals surface area contributed by atoms with Gasteiger partial charge >= 0.3 is 0 Å². The molecule has 0 unspecified atom stereocenters. The van der Waals surface area contributed by atoms with Gasteiger partial charge in [-0.3, -0.25) is 9.78 Å². The van der Waals surface area contributed by atoms with Gasteiger partial charge in [0.05, 0.1) is 11.9 Å². The molecule has 2 N–H and O–H groups in total. The Morgan fingerprint density at radius 2 is 2.04 bits per heavy atom. The smallest absolute Gasteiger partial charge is 0.270 e. The number of nitriles is 1. The molecule has 0 aliphatic rings. The molecule has 3 rings (SSSR count). The molecule has 1 aromatic heterocycles. The van der Waals surface area contributed by atoms with Crippen LogP contribution in [0.15, 0.2) is 62.9 Å². The first-order valence-corrected chi connectivity index (χ1v) is 8.22. The number of hydrazone groups is 1. The maximum absolute atomic E-state index is 13.8. The molecular weight excluding hydrogens is 401 g/mol. The average Bonchev–Trinajstić information content (AvgIpc) is 2.64. The predicted molar refractivity (Wildman–Crippen MR) is 100 cm³/mol. The first-order chi connectivity index (χ1) is 12.6. The Balaban J connectivity index is 1.92. The highest BCUT2D eigenvalue weighted by Crippen LogP contribution is 2.19. The summed E-state index contributed by atoms with van der Waals surface area (Å²) >= 11 is 3.18. The lowest BCUT2D eigenvalue weighted by Crippen LogP contribution is -2.16. The largest absolute Gasteiger partial charge is 0.290 e. The van der Waals surface area contributed by atoms with Crippen LogP contribution in [-0.2, 0) is 0 Å². The molecule has 1 heterocycles. The van der Waals surface area contributed by atoms with Gasteiger partial charge in [-0.2, -0.15) is 10.4 Å². The molecule has 6 nitrogen and oxygen atoms in total. The first kappa shape index (κ1) is 17.5. The number of rotatable bonds is 4. The van der Waals surface area contributed by atoms with Crippen molar-refractivity contribution in [1.29, 1.82) is 5.26 Å². The molecule has 0 atom stereocenters. The minimum absolute atomic E-state index is 0.0432. The van der Waals surface area contributed by atoms with Crippen molar-refractivity contribution in [2.75, 3.05) is 5.43 Å². The highest BCUT2D eigenvalue weighted by atomic mass is 79.9. The number of halogens is 2. The number of H-pyrrole nitrogens is 1. The molecule has 0 radical (unpaired) electrons. The van der Waals surface area contributed by atoms with Crippen LogP contribution in [0.3, 0.4) is 0 Å². The Kier molecular flexibility index (Phi) is 5.20. The van der Waals surface area contributed by atoms with E-state index >= 15 is 0 Å². The van der Waals surface area contributed by atoms with Crippen LogP contribution in [0.2, 0.25) is 0 Å². The summed E-state index contributed by atoms with van der Waals surface area (Å²) in [5.41, 5.74) is 3.00. The molecule has 0 aliphatic carbocycles. The van der Waals surface area contributed by atoms with E-state index in [0.29, 0.717) is 10.0 Å². The number of nitrogens with one attached hydrogen (secondary N) is 2. The molecule has 2 aromatic carbocycles. The molecule has 0 aliphatic heterocycles. The SMILES string of the molecule is N#Cc1c(-c2ccccc2)nc(NN=Cc2ccc(Br)cc2F)[nH]c1=O. The highest BCUT2D eigenvalue weighted by molar-refractivity contribution is 9.10. The van der Waals surface area contributed by atoms with Crippen LogP contribution >= 0.6 is 15.9 Å². The van der Waals surface area contributed by atoms with Crippen molar-refractivity contribution in [3.05, 3.63) is 80.3 Å². The van der Waals surface area contributed by atoms with Gasteiger partial charge in [0.2, 0.25) is 5.95 Å². The summed E-state index contributed by atoms with van der Waals surface area (Å²) in [5.74, 6) is -0.405. The number of benzene rings is 2.